The van der Waals surface area contributed by atoms with Crippen LogP contribution in [-0.4, -0.2) is 22.5 Å². The van der Waals surface area contributed by atoms with E-state index in [-0.39, 0.29) is 0 Å². The van der Waals surface area contributed by atoms with Gasteiger partial charge in [0.05, 0.1) is 0 Å². The zero-order valence-corrected chi connectivity index (χ0v) is 11.1. The molecule has 2 radical (unpaired) electrons. The standard InChI is InChI=1S/C4H2F2S.C4H9.Sn.H/c5-3-1-7-2-4(3)6;1-3-4-2;;/h1-2H;1,3-4H2,2H3;;. The van der Waals surface area contributed by atoms with Crippen molar-refractivity contribution in [3.05, 3.63) is 22.4 Å². The molecular formula is C8H12F2SSn. The summed E-state index contributed by atoms with van der Waals surface area (Å²) in [5, 5.41) is 2.24. The molecule has 0 aliphatic heterocycles. The van der Waals surface area contributed by atoms with E-state index in [1.165, 1.54) is 39.8 Å². The predicted octanol–water partition coefficient (Wildman–Crippen LogP) is 3.13. The van der Waals surface area contributed by atoms with Crippen LogP contribution in [0.25, 0.3) is 0 Å². The monoisotopic (exact) mass is 298 g/mol. The molecule has 0 atom stereocenters. The molecule has 0 saturated carbocycles. The Morgan fingerprint density at radius 1 is 1.33 bits per heavy atom. The van der Waals surface area contributed by atoms with E-state index in [1.807, 2.05) is 0 Å². The van der Waals surface area contributed by atoms with Crippen molar-refractivity contribution < 1.29 is 8.78 Å². The van der Waals surface area contributed by atoms with Crippen LogP contribution in [0.15, 0.2) is 10.8 Å². The molecule has 68 valence electrons. The Labute approximate surface area is 89.1 Å². The van der Waals surface area contributed by atoms with Gasteiger partial charge in [0.1, 0.15) is 0 Å². The molecule has 12 heavy (non-hydrogen) atoms. The summed E-state index contributed by atoms with van der Waals surface area (Å²) in [6.45, 7) is 2.23. The van der Waals surface area contributed by atoms with Gasteiger partial charge in [-0.1, -0.05) is 0 Å². The summed E-state index contributed by atoms with van der Waals surface area (Å²) in [4.78, 5) is 0. The van der Waals surface area contributed by atoms with Gasteiger partial charge in [-0.15, -0.1) is 11.3 Å². The fourth-order valence-corrected chi connectivity index (χ4v) is 2.17. The van der Waals surface area contributed by atoms with E-state index >= 15 is 0 Å². The summed E-state index contributed by atoms with van der Waals surface area (Å²) in [6, 6.07) is 0. The molecule has 0 spiro atoms. The Balaban J connectivity index is 0.000000217. The zero-order valence-electron chi connectivity index (χ0n) is 7.02. The van der Waals surface area contributed by atoms with Crippen molar-refractivity contribution in [1.82, 2.24) is 0 Å². The maximum Gasteiger partial charge on any atom is 0.169 e. The van der Waals surface area contributed by atoms with Crippen molar-refractivity contribution in [2.75, 3.05) is 0 Å². The van der Waals surface area contributed by atoms with E-state index in [4.69, 9.17) is 0 Å². The molecule has 1 aromatic rings. The Morgan fingerprint density at radius 3 is 1.92 bits per heavy atom. The van der Waals surface area contributed by atoms with Crippen molar-refractivity contribution in [3.63, 3.8) is 0 Å². The third-order valence-corrected chi connectivity index (χ3v) is 2.98. The molecule has 0 fully saturated rings. The Morgan fingerprint density at radius 2 is 1.83 bits per heavy atom. The van der Waals surface area contributed by atoms with Crippen LogP contribution in [0.1, 0.15) is 19.8 Å². The van der Waals surface area contributed by atoms with E-state index in [9.17, 15) is 8.78 Å². The SMILES string of the molecule is CCC[CH2][SnH].Fc1cscc1F. The van der Waals surface area contributed by atoms with Crippen molar-refractivity contribution >= 4 is 33.9 Å². The molecule has 1 rings (SSSR count). The first-order valence-corrected chi connectivity index (χ1v) is 7.07. The summed E-state index contributed by atoms with van der Waals surface area (Å²) in [5.74, 6) is -1.52. The number of hydrogen-bond donors (Lipinski definition) is 0. The van der Waals surface area contributed by atoms with Crippen LogP contribution in [0.4, 0.5) is 8.78 Å². The van der Waals surface area contributed by atoms with Crippen molar-refractivity contribution in [1.29, 1.82) is 0 Å². The van der Waals surface area contributed by atoms with E-state index in [0.717, 1.165) is 22.1 Å². The predicted molar refractivity (Wildman–Crippen MR) is 51.1 cm³/mol. The largest absolute Gasteiger partial charge is 0.203 e. The maximum absolute atomic E-state index is 11.7. The molecule has 0 bridgehead atoms. The quantitative estimate of drug-likeness (QED) is 0.736. The summed E-state index contributed by atoms with van der Waals surface area (Å²) in [5.41, 5.74) is 0. The second kappa shape index (κ2) is 7.98. The molecule has 0 unspecified atom stereocenters. The van der Waals surface area contributed by atoms with E-state index in [1.54, 1.807) is 0 Å². The Kier molecular flexibility index (Phi) is 8.22. The molecule has 0 amide bonds. The van der Waals surface area contributed by atoms with Gasteiger partial charge < -0.3 is 0 Å². The van der Waals surface area contributed by atoms with E-state index in [0.29, 0.717) is 0 Å². The van der Waals surface area contributed by atoms with Gasteiger partial charge in [-0.3, -0.25) is 0 Å². The zero-order chi connectivity index (χ0) is 9.40. The number of thiophene rings is 1. The van der Waals surface area contributed by atoms with Gasteiger partial charge in [0.2, 0.25) is 0 Å². The Bertz CT molecular complexity index is 182. The van der Waals surface area contributed by atoms with Crippen molar-refractivity contribution in [2.45, 2.75) is 24.2 Å². The average Bonchev–Trinajstić information content (AvgIpc) is 2.39. The van der Waals surface area contributed by atoms with Gasteiger partial charge in [0.15, 0.2) is 11.6 Å². The first-order chi connectivity index (χ1) is 5.72. The van der Waals surface area contributed by atoms with Crippen molar-refractivity contribution in [3.8, 4) is 0 Å². The molecule has 1 heterocycles. The minimum Gasteiger partial charge on any atom is -0.203 e. The molecule has 0 N–H and O–H groups in total. The van der Waals surface area contributed by atoms with Crippen LogP contribution in [0, 0.1) is 11.6 Å². The summed E-state index contributed by atoms with van der Waals surface area (Å²) >= 11 is 2.47. The van der Waals surface area contributed by atoms with Crippen LogP contribution < -0.4 is 0 Å². The fourth-order valence-electron chi connectivity index (χ4n) is 0.470. The molecule has 0 aromatic carbocycles. The fraction of sp³-hybridized carbons (Fsp3) is 0.500. The molecule has 0 nitrogen and oxygen atoms in total. The maximum atomic E-state index is 11.7. The van der Waals surface area contributed by atoms with Gasteiger partial charge in [0, 0.05) is 10.8 Å². The van der Waals surface area contributed by atoms with Crippen molar-refractivity contribution in [2.24, 2.45) is 0 Å². The third-order valence-electron chi connectivity index (χ3n) is 1.13. The molecule has 0 saturated heterocycles. The van der Waals surface area contributed by atoms with Gasteiger partial charge in [-0.05, 0) is 0 Å². The van der Waals surface area contributed by atoms with E-state index < -0.39 is 11.6 Å². The van der Waals surface area contributed by atoms with Gasteiger partial charge in [0.25, 0.3) is 0 Å². The van der Waals surface area contributed by atoms with Gasteiger partial charge >= 0.3 is 46.7 Å². The van der Waals surface area contributed by atoms with Crippen LogP contribution in [0.2, 0.25) is 4.44 Å². The average molecular weight is 297 g/mol. The Hall–Kier alpha value is 0.359. The minimum absolute atomic E-state index is 0.759. The molecule has 4 heteroatoms. The number of unbranched alkanes of at least 4 members (excludes halogenated alkanes) is 1. The number of hydrogen-bond acceptors (Lipinski definition) is 1. The first kappa shape index (κ1) is 12.4. The van der Waals surface area contributed by atoms with Crippen LogP contribution in [-0.2, 0) is 0 Å². The molecule has 1 aromatic heterocycles. The second-order valence-corrected chi connectivity index (χ2v) is 4.60. The first-order valence-electron chi connectivity index (χ1n) is 3.79. The van der Waals surface area contributed by atoms with Crippen LogP contribution >= 0.6 is 11.3 Å². The smallest absolute Gasteiger partial charge is 0.169 e. The summed E-state index contributed by atoms with van der Waals surface area (Å²) in [7, 11) is 0. The van der Waals surface area contributed by atoms with E-state index in [2.05, 4.69) is 6.92 Å². The molecule has 0 aliphatic carbocycles. The normalized spacial score (nSPS) is 9.00. The summed E-state index contributed by atoms with van der Waals surface area (Å²) in [6.07, 6.45) is 2.82. The summed E-state index contributed by atoms with van der Waals surface area (Å²) < 4.78 is 24.9. The van der Waals surface area contributed by atoms with Gasteiger partial charge in [-0.2, -0.15) is 0 Å². The molecule has 0 aliphatic rings. The minimum atomic E-state index is -0.759. The second-order valence-electron chi connectivity index (χ2n) is 2.21. The number of rotatable bonds is 2. The van der Waals surface area contributed by atoms with Crippen LogP contribution in [0.3, 0.4) is 0 Å². The third kappa shape index (κ3) is 5.94. The topological polar surface area (TPSA) is 0 Å². The van der Waals surface area contributed by atoms with Crippen LogP contribution in [0.5, 0.6) is 0 Å². The molecular weight excluding hydrogens is 285 g/mol. The van der Waals surface area contributed by atoms with Gasteiger partial charge in [-0.25, -0.2) is 8.78 Å². The number of halogens is 2.